The second-order valence-electron chi connectivity index (χ2n) is 4.02. The topological polar surface area (TPSA) is 64.3 Å². The number of hydrogen-bond acceptors (Lipinski definition) is 5. The highest BCUT2D eigenvalue weighted by Gasteiger charge is 2.19. The number of aromatic nitrogens is 2. The minimum absolute atomic E-state index is 0.164. The first kappa shape index (κ1) is 11.4. The van der Waals surface area contributed by atoms with Crippen LogP contribution in [0.2, 0.25) is 5.28 Å². The zero-order valence-electron chi connectivity index (χ0n) is 9.19. The van der Waals surface area contributed by atoms with Crippen molar-refractivity contribution in [3.8, 4) is 5.88 Å². The highest BCUT2D eigenvalue weighted by atomic mass is 35.5. The van der Waals surface area contributed by atoms with Crippen LogP contribution in [0.4, 0.5) is 5.69 Å². The second kappa shape index (κ2) is 4.84. The van der Waals surface area contributed by atoms with Crippen molar-refractivity contribution in [1.82, 2.24) is 14.9 Å². The zero-order chi connectivity index (χ0) is 11.5. The summed E-state index contributed by atoms with van der Waals surface area (Å²) in [5.74, 6) is 0.398. The van der Waals surface area contributed by atoms with Crippen LogP contribution < -0.4 is 10.5 Å². The normalized spacial score (nSPS) is 18.6. The second-order valence-corrected chi connectivity index (χ2v) is 4.36. The lowest BCUT2D eigenvalue weighted by Crippen LogP contribution is -2.35. The molecular formula is C10H15ClN4O. The first-order valence-corrected chi connectivity index (χ1v) is 5.66. The molecule has 0 aliphatic carbocycles. The Morgan fingerprint density at radius 2 is 2.19 bits per heavy atom. The molecule has 2 N–H and O–H groups in total. The first-order valence-electron chi connectivity index (χ1n) is 5.28. The minimum Gasteiger partial charge on any atom is -0.473 e. The molecule has 0 aromatic carbocycles. The molecule has 1 aromatic heterocycles. The Hall–Kier alpha value is -1.07. The van der Waals surface area contributed by atoms with Crippen molar-refractivity contribution in [3.63, 3.8) is 0 Å². The van der Waals surface area contributed by atoms with Crippen LogP contribution in [0.3, 0.4) is 0 Å². The molecule has 1 aromatic rings. The number of hydrogen-bond donors (Lipinski definition) is 1. The van der Waals surface area contributed by atoms with Gasteiger partial charge in [0, 0.05) is 13.1 Å². The van der Waals surface area contributed by atoms with Gasteiger partial charge in [-0.2, -0.15) is 4.98 Å². The fourth-order valence-corrected chi connectivity index (χ4v) is 1.84. The molecule has 1 fully saturated rings. The standard InChI is InChI=1S/C10H15ClN4O/c1-15-4-2-7(3-5-15)16-9-8(12)6-13-10(11)14-9/h6-7H,2-5,12H2,1H3. The van der Waals surface area contributed by atoms with E-state index >= 15 is 0 Å². The van der Waals surface area contributed by atoms with Gasteiger partial charge in [-0.05, 0) is 31.5 Å². The third-order valence-electron chi connectivity index (χ3n) is 2.69. The Kier molecular flexibility index (Phi) is 3.46. The van der Waals surface area contributed by atoms with Crippen LogP contribution >= 0.6 is 11.6 Å². The van der Waals surface area contributed by atoms with Crippen LogP contribution in [-0.2, 0) is 0 Å². The minimum atomic E-state index is 0.164. The van der Waals surface area contributed by atoms with E-state index in [9.17, 15) is 0 Å². The molecule has 16 heavy (non-hydrogen) atoms. The Bertz CT molecular complexity index is 366. The fourth-order valence-electron chi connectivity index (χ4n) is 1.71. The molecule has 0 amide bonds. The van der Waals surface area contributed by atoms with Crippen LogP contribution in [-0.4, -0.2) is 41.1 Å². The van der Waals surface area contributed by atoms with Gasteiger partial charge in [-0.15, -0.1) is 0 Å². The van der Waals surface area contributed by atoms with Crippen molar-refractivity contribution in [2.45, 2.75) is 18.9 Å². The summed E-state index contributed by atoms with van der Waals surface area (Å²) in [6, 6.07) is 0. The third kappa shape index (κ3) is 2.74. The molecule has 5 nitrogen and oxygen atoms in total. The average Bonchev–Trinajstić information content (AvgIpc) is 2.27. The van der Waals surface area contributed by atoms with Crippen molar-refractivity contribution in [1.29, 1.82) is 0 Å². The summed E-state index contributed by atoms with van der Waals surface area (Å²) in [7, 11) is 2.10. The molecule has 1 aliphatic rings. The Balaban J connectivity index is 2.00. The van der Waals surface area contributed by atoms with Gasteiger partial charge in [0.15, 0.2) is 0 Å². The van der Waals surface area contributed by atoms with Crippen LogP contribution in [0.1, 0.15) is 12.8 Å². The number of nitrogen functional groups attached to an aromatic ring is 1. The van der Waals surface area contributed by atoms with Crippen LogP contribution in [0.15, 0.2) is 6.20 Å². The van der Waals surface area contributed by atoms with E-state index in [2.05, 4.69) is 21.9 Å². The molecule has 6 heteroatoms. The third-order valence-corrected chi connectivity index (χ3v) is 2.88. The summed E-state index contributed by atoms with van der Waals surface area (Å²) in [5, 5.41) is 0.164. The molecule has 0 bridgehead atoms. The van der Waals surface area contributed by atoms with Gasteiger partial charge in [-0.1, -0.05) is 0 Å². The summed E-state index contributed by atoms with van der Waals surface area (Å²) in [4.78, 5) is 10.0. The lowest BCUT2D eigenvalue weighted by Gasteiger charge is -2.29. The van der Waals surface area contributed by atoms with Crippen molar-refractivity contribution >= 4 is 17.3 Å². The van der Waals surface area contributed by atoms with E-state index in [0.717, 1.165) is 25.9 Å². The molecular weight excluding hydrogens is 228 g/mol. The largest absolute Gasteiger partial charge is 0.473 e. The van der Waals surface area contributed by atoms with Crippen molar-refractivity contribution in [2.75, 3.05) is 25.9 Å². The van der Waals surface area contributed by atoms with E-state index in [1.807, 2.05) is 0 Å². The van der Waals surface area contributed by atoms with Crippen LogP contribution in [0.5, 0.6) is 5.88 Å². The molecule has 2 heterocycles. The Labute approximate surface area is 99.6 Å². The quantitative estimate of drug-likeness (QED) is 0.790. The molecule has 1 aliphatic heterocycles. The van der Waals surface area contributed by atoms with Crippen LogP contribution in [0.25, 0.3) is 0 Å². The fraction of sp³-hybridized carbons (Fsp3) is 0.600. The lowest BCUT2D eigenvalue weighted by atomic mass is 10.1. The SMILES string of the molecule is CN1CCC(Oc2nc(Cl)ncc2N)CC1. The predicted octanol–water partition coefficient (Wildman–Crippen LogP) is 1.19. The molecule has 0 radical (unpaired) electrons. The maximum Gasteiger partial charge on any atom is 0.241 e. The maximum absolute atomic E-state index is 5.73. The van der Waals surface area contributed by atoms with E-state index < -0.39 is 0 Å². The first-order chi connectivity index (χ1) is 7.65. The number of ether oxygens (including phenoxy) is 1. The average molecular weight is 243 g/mol. The molecule has 0 spiro atoms. The smallest absolute Gasteiger partial charge is 0.241 e. The summed E-state index contributed by atoms with van der Waals surface area (Å²) in [6.07, 6.45) is 3.61. The van der Waals surface area contributed by atoms with E-state index in [4.69, 9.17) is 22.1 Å². The number of likely N-dealkylation sites (tertiary alicyclic amines) is 1. The lowest BCUT2D eigenvalue weighted by molar-refractivity contribution is 0.110. The summed E-state index contributed by atoms with van der Waals surface area (Å²) in [6.45, 7) is 2.06. The van der Waals surface area contributed by atoms with Gasteiger partial charge in [-0.25, -0.2) is 4.98 Å². The van der Waals surface area contributed by atoms with Crippen LogP contribution in [0, 0.1) is 0 Å². The van der Waals surface area contributed by atoms with E-state index in [1.165, 1.54) is 6.20 Å². The maximum atomic E-state index is 5.73. The molecule has 0 saturated carbocycles. The van der Waals surface area contributed by atoms with E-state index in [-0.39, 0.29) is 11.4 Å². The number of rotatable bonds is 2. The zero-order valence-corrected chi connectivity index (χ0v) is 9.94. The monoisotopic (exact) mass is 242 g/mol. The van der Waals surface area contributed by atoms with Gasteiger partial charge in [-0.3, -0.25) is 0 Å². The highest BCUT2D eigenvalue weighted by molar-refractivity contribution is 6.28. The van der Waals surface area contributed by atoms with Gasteiger partial charge >= 0.3 is 0 Å². The number of piperidine rings is 1. The number of halogens is 1. The van der Waals surface area contributed by atoms with Gasteiger partial charge in [0.25, 0.3) is 0 Å². The van der Waals surface area contributed by atoms with Gasteiger partial charge in [0.05, 0.1) is 6.20 Å². The predicted molar refractivity (Wildman–Crippen MR) is 62.6 cm³/mol. The number of nitrogens with two attached hydrogens (primary N) is 1. The van der Waals surface area contributed by atoms with Gasteiger partial charge in [0.2, 0.25) is 11.2 Å². The molecule has 2 rings (SSSR count). The van der Waals surface area contributed by atoms with E-state index in [0.29, 0.717) is 11.6 Å². The Morgan fingerprint density at radius 3 is 2.88 bits per heavy atom. The highest BCUT2D eigenvalue weighted by Crippen LogP contribution is 2.22. The van der Waals surface area contributed by atoms with Crippen molar-refractivity contribution in [3.05, 3.63) is 11.5 Å². The van der Waals surface area contributed by atoms with E-state index in [1.54, 1.807) is 0 Å². The molecule has 1 saturated heterocycles. The van der Waals surface area contributed by atoms with Crippen molar-refractivity contribution < 1.29 is 4.74 Å². The molecule has 88 valence electrons. The van der Waals surface area contributed by atoms with Gasteiger partial charge < -0.3 is 15.4 Å². The molecule has 0 unspecified atom stereocenters. The summed E-state index contributed by atoms with van der Waals surface area (Å²) >= 11 is 5.69. The number of nitrogens with zero attached hydrogens (tertiary/aromatic N) is 3. The van der Waals surface area contributed by atoms with Gasteiger partial charge in [0.1, 0.15) is 11.8 Å². The Morgan fingerprint density at radius 1 is 1.50 bits per heavy atom. The number of anilines is 1. The molecule has 0 atom stereocenters. The van der Waals surface area contributed by atoms with Crippen molar-refractivity contribution in [2.24, 2.45) is 0 Å². The summed E-state index contributed by atoms with van der Waals surface area (Å²) in [5.41, 5.74) is 6.15. The summed E-state index contributed by atoms with van der Waals surface area (Å²) < 4.78 is 5.73.